The molecule has 1 amide bonds. The number of hydrogen-bond acceptors (Lipinski definition) is 4. The fraction of sp³-hybridized carbons (Fsp3) is 0.333. The van der Waals surface area contributed by atoms with Gasteiger partial charge in [0.2, 0.25) is 5.91 Å². The van der Waals surface area contributed by atoms with Crippen LogP contribution >= 0.6 is 11.8 Å². The van der Waals surface area contributed by atoms with Crippen molar-refractivity contribution in [2.75, 3.05) is 12.9 Å². The Kier molecular flexibility index (Phi) is 2.53. The van der Waals surface area contributed by atoms with Crippen molar-refractivity contribution in [2.24, 2.45) is 0 Å². The monoisotopic (exact) mass is 173 g/mol. The molecule has 1 aliphatic rings. The summed E-state index contributed by atoms with van der Waals surface area (Å²) in [6.45, 7) is 0. The fourth-order valence-corrected chi connectivity index (χ4v) is 1.25. The average molecular weight is 173 g/mol. The van der Waals surface area contributed by atoms with Gasteiger partial charge in [0, 0.05) is 5.41 Å². The lowest BCUT2D eigenvalue weighted by molar-refractivity contribution is -0.137. The third kappa shape index (κ3) is 1.98. The minimum Gasteiger partial charge on any atom is -0.464 e. The molecule has 0 aromatic rings. The van der Waals surface area contributed by atoms with E-state index in [4.69, 9.17) is 0 Å². The zero-order valence-corrected chi connectivity index (χ0v) is 6.73. The van der Waals surface area contributed by atoms with Crippen LogP contribution in [0, 0.1) is 0 Å². The van der Waals surface area contributed by atoms with Gasteiger partial charge in [-0.15, -0.1) is 11.8 Å². The molecule has 0 aromatic heterocycles. The predicted molar refractivity (Wildman–Crippen MR) is 40.7 cm³/mol. The Morgan fingerprint density at radius 1 is 1.82 bits per heavy atom. The number of carbonyl (C=O) groups is 2. The number of methoxy groups -OCH3 is 1. The van der Waals surface area contributed by atoms with Gasteiger partial charge in [0.15, 0.2) is 0 Å². The number of amides is 1. The van der Waals surface area contributed by atoms with Gasteiger partial charge in [0.1, 0.15) is 5.70 Å². The number of hydrogen-bond donors (Lipinski definition) is 1. The number of esters is 1. The lowest BCUT2D eigenvalue weighted by Crippen LogP contribution is -2.31. The molecular formula is C6H7NO3S. The van der Waals surface area contributed by atoms with Gasteiger partial charge in [-0.05, 0) is 0 Å². The molecule has 0 radical (unpaired) electrons. The van der Waals surface area contributed by atoms with Gasteiger partial charge in [-0.3, -0.25) is 4.79 Å². The molecule has 1 aliphatic heterocycles. The van der Waals surface area contributed by atoms with Crippen LogP contribution in [0.1, 0.15) is 0 Å². The maximum Gasteiger partial charge on any atom is 0.355 e. The first kappa shape index (κ1) is 8.13. The second-order valence-corrected chi connectivity index (χ2v) is 2.74. The molecule has 0 aliphatic carbocycles. The van der Waals surface area contributed by atoms with Crippen LogP contribution < -0.4 is 5.32 Å². The maximum absolute atomic E-state index is 10.8. The number of carbonyl (C=O) groups excluding carboxylic acids is 2. The summed E-state index contributed by atoms with van der Waals surface area (Å²) in [6, 6.07) is 0. The summed E-state index contributed by atoms with van der Waals surface area (Å²) in [5.41, 5.74) is 0.216. The molecule has 60 valence electrons. The molecule has 0 fully saturated rings. The highest BCUT2D eigenvalue weighted by Gasteiger charge is 2.16. The van der Waals surface area contributed by atoms with Crippen LogP contribution in [-0.4, -0.2) is 24.7 Å². The molecule has 5 heteroatoms. The lowest BCUT2D eigenvalue weighted by atomic mass is 10.4. The van der Waals surface area contributed by atoms with E-state index >= 15 is 0 Å². The standard InChI is InChI=1S/C6H7NO3S/c1-10-6(9)4-2-11-3-5(8)7-4/h2H,3H2,1H3,(H,7,8). The molecule has 4 nitrogen and oxygen atoms in total. The topological polar surface area (TPSA) is 55.4 Å². The van der Waals surface area contributed by atoms with Crippen molar-refractivity contribution in [2.45, 2.75) is 0 Å². The predicted octanol–water partition coefficient (Wildman–Crippen LogP) is -0.136. The van der Waals surface area contributed by atoms with E-state index in [1.807, 2.05) is 0 Å². The summed E-state index contributed by atoms with van der Waals surface area (Å²) in [5, 5.41) is 3.97. The molecule has 11 heavy (non-hydrogen) atoms. The van der Waals surface area contributed by atoms with Gasteiger partial charge in [0.05, 0.1) is 12.9 Å². The quantitative estimate of drug-likeness (QED) is 0.561. The molecule has 0 saturated carbocycles. The summed E-state index contributed by atoms with van der Waals surface area (Å²) in [7, 11) is 1.27. The third-order valence-electron chi connectivity index (χ3n) is 1.10. The molecule has 0 saturated heterocycles. The lowest BCUT2D eigenvalue weighted by Gasteiger charge is -2.10. The molecule has 1 N–H and O–H groups in total. The first-order valence-electron chi connectivity index (χ1n) is 2.94. The van der Waals surface area contributed by atoms with Crippen molar-refractivity contribution in [3.8, 4) is 0 Å². The van der Waals surface area contributed by atoms with Crippen LogP contribution in [0.4, 0.5) is 0 Å². The minimum absolute atomic E-state index is 0.169. The highest BCUT2D eigenvalue weighted by Crippen LogP contribution is 2.11. The van der Waals surface area contributed by atoms with E-state index in [1.54, 1.807) is 5.41 Å². The largest absolute Gasteiger partial charge is 0.464 e. The zero-order chi connectivity index (χ0) is 8.27. The fourth-order valence-electron chi connectivity index (χ4n) is 0.626. The van der Waals surface area contributed by atoms with Crippen LogP contribution in [0.25, 0.3) is 0 Å². The van der Waals surface area contributed by atoms with Crippen molar-refractivity contribution in [1.82, 2.24) is 5.32 Å². The summed E-state index contributed by atoms with van der Waals surface area (Å²) in [6.07, 6.45) is 0. The van der Waals surface area contributed by atoms with Crippen LogP contribution in [0.5, 0.6) is 0 Å². The number of rotatable bonds is 1. The molecule has 0 aromatic carbocycles. The average Bonchev–Trinajstić information content (AvgIpc) is 2.03. The van der Waals surface area contributed by atoms with E-state index in [9.17, 15) is 9.59 Å². The summed E-state index contributed by atoms with van der Waals surface area (Å²) in [4.78, 5) is 21.5. The van der Waals surface area contributed by atoms with E-state index in [1.165, 1.54) is 18.9 Å². The van der Waals surface area contributed by atoms with Crippen LogP contribution in [0.3, 0.4) is 0 Å². The van der Waals surface area contributed by atoms with Gasteiger partial charge in [-0.2, -0.15) is 0 Å². The Labute approximate surface area is 68.0 Å². The highest BCUT2D eigenvalue weighted by molar-refractivity contribution is 8.02. The number of thioether (sulfide) groups is 1. The van der Waals surface area contributed by atoms with E-state index in [-0.39, 0.29) is 11.6 Å². The van der Waals surface area contributed by atoms with Crippen molar-refractivity contribution in [3.63, 3.8) is 0 Å². The minimum atomic E-state index is -0.509. The first-order valence-corrected chi connectivity index (χ1v) is 3.99. The maximum atomic E-state index is 10.8. The first-order chi connectivity index (χ1) is 5.24. The summed E-state index contributed by atoms with van der Waals surface area (Å²) < 4.78 is 4.40. The Hall–Kier alpha value is -0.970. The SMILES string of the molecule is COC(=O)C1=CSCC(=O)N1. The summed E-state index contributed by atoms with van der Waals surface area (Å²) >= 11 is 1.28. The number of ether oxygens (including phenoxy) is 1. The van der Waals surface area contributed by atoms with Gasteiger partial charge >= 0.3 is 5.97 Å². The van der Waals surface area contributed by atoms with Gasteiger partial charge in [0.25, 0.3) is 0 Å². The Balaban J connectivity index is 2.65. The number of nitrogens with one attached hydrogen (secondary N) is 1. The smallest absolute Gasteiger partial charge is 0.355 e. The van der Waals surface area contributed by atoms with E-state index in [0.29, 0.717) is 5.75 Å². The molecule has 1 heterocycles. The van der Waals surface area contributed by atoms with Crippen LogP contribution in [0.2, 0.25) is 0 Å². The Bertz CT molecular complexity index is 224. The van der Waals surface area contributed by atoms with E-state index < -0.39 is 5.97 Å². The van der Waals surface area contributed by atoms with E-state index in [0.717, 1.165) is 0 Å². The molecular weight excluding hydrogens is 166 g/mol. The van der Waals surface area contributed by atoms with Crippen molar-refractivity contribution in [3.05, 3.63) is 11.1 Å². The molecule has 0 atom stereocenters. The van der Waals surface area contributed by atoms with Crippen LogP contribution in [-0.2, 0) is 14.3 Å². The van der Waals surface area contributed by atoms with Crippen LogP contribution in [0.15, 0.2) is 11.1 Å². The molecule has 0 spiro atoms. The normalized spacial score (nSPS) is 16.8. The van der Waals surface area contributed by atoms with Gasteiger partial charge < -0.3 is 10.1 Å². The van der Waals surface area contributed by atoms with Gasteiger partial charge in [-0.25, -0.2) is 4.79 Å². The van der Waals surface area contributed by atoms with Crippen molar-refractivity contribution >= 4 is 23.6 Å². The molecule has 0 bridgehead atoms. The third-order valence-corrected chi connectivity index (χ3v) is 1.93. The highest BCUT2D eigenvalue weighted by atomic mass is 32.2. The second kappa shape index (κ2) is 3.43. The molecule has 1 rings (SSSR count). The second-order valence-electron chi connectivity index (χ2n) is 1.88. The zero-order valence-electron chi connectivity index (χ0n) is 5.92. The van der Waals surface area contributed by atoms with Gasteiger partial charge in [-0.1, -0.05) is 0 Å². The van der Waals surface area contributed by atoms with Crippen molar-refractivity contribution in [1.29, 1.82) is 0 Å². The van der Waals surface area contributed by atoms with E-state index in [2.05, 4.69) is 10.1 Å². The summed E-state index contributed by atoms with van der Waals surface area (Å²) in [5.74, 6) is -0.316. The molecule has 0 unspecified atom stereocenters. The Morgan fingerprint density at radius 3 is 3.09 bits per heavy atom. The van der Waals surface area contributed by atoms with Crippen molar-refractivity contribution < 1.29 is 14.3 Å². The Morgan fingerprint density at radius 2 is 2.55 bits per heavy atom.